The molecule has 2 aliphatic rings. The van der Waals surface area contributed by atoms with Gasteiger partial charge in [0.25, 0.3) is 0 Å². The van der Waals surface area contributed by atoms with Crippen LogP contribution in [0.25, 0.3) is 0 Å². The zero-order chi connectivity index (χ0) is 32.1. The molecule has 0 heterocycles. The van der Waals surface area contributed by atoms with Gasteiger partial charge in [0, 0.05) is 24.2 Å². The van der Waals surface area contributed by atoms with E-state index in [-0.39, 0.29) is 11.8 Å². The molecule has 6 nitrogen and oxygen atoms in total. The fourth-order valence-electron chi connectivity index (χ4n) is 6.78. The molecule has 2 saturated carbocycles. The summed E-state index contributed by atoms with van der Waals surface area (Å²) in [7, 11) is 0. The molecule has 0 unspecified atom stereocenters. The highest BCUT2D eigenvalue weighted by Gasteiger charge is 2.28. The fraction of sp³-hybridized carbons (Fsp3) is 0.300. The third kappa shape index (κ3) is 9.40. The molecule has 4 atom stereocenters. The number of anilines is 2. The van der Waals surface area contributed by atoms with Gasteiger partial charge in [0.2, 0.25) is 11.8 Å². The maximum atomic E-state index is 12.2. The van der Waals surface area contributed by atoms with Crippen molar-refractivity contribution >= 4 is 23.2 Å². The summed E-state index contributed by atoms with van der Waals surface area (Å²) in [4.78, 5) is 24.4. The Morgan fingerprint density at radius 3 is 1.26 bits per heavy atom. The van der Waals surface area contributed by atoms with Crippen molar-refractivity contribution in [1.29, 1.82) is 10.5 Å². The van der Waals surface area contributed by atoms with E-state index in [0.717, 1.165) is 37.1 Å². The summed E-state index contributed by atoms with van der Waals surface area (Å²) >= 11 is 0. The van der Waals surface area contributed by atoms with E-state index in [2.05, 4.69) is 71.3 Å². The zero-order valence-corrected chi connectivity index (χ0v) is 26.1. The van der Waals surface area contributed by atoms with Crippen LogP contribution in [0.5, 0.6) is 0 Å². The fourth-order valence-corrected chi connectivity index (χ4v) is 6.78. The van der Waals surface area contributed by atoms with Crippen molar-refractivity contribution in [3.05, 3.63) is 131 Å². The molecule has 4 aromatic rings. The first-order chi connectivity index (χ1) is 22.5. The molecule has 46 heavy (non-hydrogen) atoms. The predicted molar refractivity (Wildman–Crippen MR) is 182 cm³/mol. The monoisotopic (exact) mass is 608 g/mol. The van der Waals surface area contributed by atoms with E-state index in [1.807, 2.05) is 12.1 Å². The maximum Gasteiger partial charge on any atom is 0.224 e. The molecule has 0 aliphatic heterocycles. The van der Waals surface area contributed by atoms with Gasteiger partial charge in [0.15, 0.2) is 0 Å². The Balaban J connectivity index is 0.000000181. The lowest BCUT2D eigenvalue weighted by Gasteiger charge is -2.12. The lowest BCUT2D eigenvalue weighted by atomic mass is 9.95. The molecule has 0 radical (unpaired) electrons. The summed E-state index contributed by atoms with van der Waals surface area (Å²) in [6, 6.07) is 39.3. The van der Waals surface area contributed by atoms with E-state index in [4.69, 9.17) is 10.5 Å². The minimum atomic E-state index is 0.0634. The summed E-state index contributed by atoms with van der Waals surface area (Å²) in [5.74, 6) is 2.21. The number of nitrogens with zero attached hydrogens (tertiary/aromatic N) is 2. The molecule has 6 heteroatoms. The molecule has 232 valence electrons. The molecular formula is C40H40N4O2. The second-order valence-electron chi connectivity index (χ2n) is 12.5. The van der Waals surface area contributed by atoms with Crippen LogP contribution in [0.15, 0.2) is 109 Å². The predicted octanol–water partition coefficient (Wildman–Crippen LogP) is 8.94. The number of carbonyl (C=O) groups is 2. The van der Waals surface area contributed by atoms with Crippen LogP contribution in [-0.4, -0.2) is 11.8 Å². The van der Waals surface area contributed by atoms with Crippen molar-refractivity contribution in [3.63, 3.8) is 0 Å². The number of hydrogen-bond acceptors (Lipinski definition) is 4. The lowest BCUT2D eigenvalue weighted by Crippen LogP contribution is -2.15. The molecule has 4 aromatic carbocycles. The van der Waals surface area contributed by atoms with Crippen molar-refractivity contribution in [2.24, 2.45) is 11.8 Å². The van der Waals surface area contributed by atoms with Crippen molar-refractivity contribution in [2.75, 3.05) is 10.6 Å². The quantitative estimate of drug-likeness (QED) is 0.208. The van der Waals surface area contributed by atoms with E-state index in [1.54, 1.807) is 48.5 Å². The molecular weight excluding hydrogens is 568 g/mol. The van der Waals surface area contributed by atoms with Gasteiger partial charge in [-0.05, 0) is 122 Å². The van der Waals surface area contributed by atoms with Crippen LogP contribution in [0, 0.1) is 34.5 Å². The standard InChI is InChI=1S/2C20H20N2O/c2*21-14-15-7-10-19(11-8-15)22-20(23)13-16-6-9-18(12-16)17-4-2-1-3-5-17/h2*1-5,7-8,10-11,16,18H,6,9,12-13H2,(H,22,23)/t16-,18+;16-,18-/m01/s1. The molecule has 6 rings (SSSR count). The van der Waals surface area contributed by atoms with E-state index >= 15 is 0 Å². The number of hydrogen-bond donors (Lipinski definition) is 2. The first-order valence-electron chi connectivity index (χ1n) is 16.2. The van der Waals surface area contributed by atoms with Crippen molar-refractivity contribution in [1.82, 2.24) is 0 Å². The van der Waals surface area contributed by atoms with Crippen molar-refractivity contribution in [2.45, 2.75) is 63.2 Å². The topological polar surface area (TPSA) is 106 Å². The van der Waals surface area contributed by atoms with Gasteiger partial charge in [-0.2, -0.15) is 10.5 Å². The Labute approximate surface area is 272 Å². The summed E-state index contributed by atoms with van der Waals surface area (Å²) in [6.07, 6.45) is 7.88. The van der Waals surface area contributed by atoms with E-state index in [0.29, 0.717) is 47.6 Å². The highest BCUT2D eigenvalue weighted by atomic mass is 16.2. The largest absolute Gasteiger partial charge is 0.326 e. The SMILES string of the molecule is N#Cc1ccc(NC(=O)C[C@@H]2CC[C@@H](c3ccccc3)C2)cc1.N#Cc1ccc(NC(=O)C[C@H]2CC[C@@H](c3ccccc3)C2)cc1. The van der Waals surface area contributed by atoms with Crippen LogP contribution in [0.2, 0.25) is 0 Å². The third-order valence-corrected chi connectivity index (χ3v) is 9.17. The Morgan fingerprint density at radius 2 is 0.913 bits per heavy atom. The molecule has 0 spiro atoms. The number of rotatable bonds is 8. The molecule has 0 aromatic heterocycles. The number of nitrogens with one attached hydrogen (secondary N) is 2. The number of amides is 2. The molecule has 2 amide bonds. The second kappa shape index (κ2) is 16.2. The highest BCUT2D eigenvalue weighted by Crippen LogP contribution is 2.40. The minimum Gasteiger partial charge on any atom is -0.326 e. The normalized spacial score (nSPS) is 20.0. The zero-order valence-electron chi connectivity index (χ0n) is 26.1. The average molecular weight is 609 g/mol. The van der Waals surface area contributed by atoms with Gasteiger partial charge in [-0.3, -0.25) is 9.59 Å². The molecule has 2 aliphatic carbocycles. The van der Waals surface area contributed by atoms with Crippen molar-refractivity contribution < 1.29 is 9.59 Å². The van der Waals surface area contributed by atoms with Crippen LogP contribution < -0.4 is 10.6 Å². The van der Waals surface area contributed by atoms with Gasteiger partial charge in [0.1, 0.15) is 0 Å². The number of benzene rings is 4. The van der Waals surface area contributed by atoms with Crippen LogP contribution >= 0.6 is 0 Å². The van der Waals surface area contributed by atoms with Gasteiger partial charge < -0.3 is 10.6 Å². The van der Waals surface area contributed by atoms with Crippen LogP contribution in [-0.2, 0) is 9.59 Å². The lowest BCUT2D eigenvalue weighted by molar-refractivity contribution is -0.117. The van der Waals surface area contributed by atoms with Gasteiger partial charge >= 0.3 is 0 Å². The van der Waals surface area contributed by atoms with E-state index < -0.39 is 0 Å². The Hall–Kier alpha value is -5.20. The van der Waals surface area contributed by atoms with Gasteiger partial charge in [-0.25, -0.2) is 0 Å². The highest BCUT2D eigenvalue weighted by molar-refractivity contribution is 5.91. The van der Waals surface area contributed by atoms with Crippen LogP contribution in [0.4, 0.5) is 11.4 Å². The first-order valence-corrected chi connectivity index (χ1v) is 16.2. The molecule has 0 saturated heterocycles. The Bertz CT molecular complexity index is 1530. The van der Waals surface area contributed by atoms with Crippen molar-refractivity contribution in [3.8, 4) is 12.1 Å². The van der Waals surface area contributed by atoms with E-state index in [1.165, 1.54) is 24.0 Å². The molecule has 2 N–H and O–H groups in total. The van der Waals surface area contributed by atoms with Crippen LogP contribution in [0.1, 0.15) is 85.5 Å². The second-order valence-corrected chi connectivity index (χ2v) is 12.5. The van der Waals surface area contributed by atoms with Crippen LogP contribution in [0.3, 0.4) is 0 Å². The summed E-state index contributed by atoms with van der Waals surface area (Å²) in [5.41, 5.74) is 5.50. The number of carbonyl (C=O) groups excluding carboxylic acids is 2. The van der Waals surface area contributed by atoms with Gasteiger partial charge in [0.05, 0.1) is 23.3 Å². The Morgan fingerprint density at radius 1 is 0.543 bits per heavy atom. The molecule has 0 bridgehead atoms. The molecule has 2 fully saturated rings. The summed E-state index contributed by atoms with van der Waals surface area (Å²) < 4.78 is 0. The third-order valence-electron chi connectivity index (χ3n) is 9.17. The van der Waals surface area contributed by atoms with Gasteiger partial charge in [-0.15, -0.1) is 0 Å². The van der Waals surface area contributed by atoms with Gasteiger partial charge in [-0.1, -0.05) is 60.7 Å². The average Bonchev–Trinajstić information content (AvgIpc) is 3.76. The summed E-state index contributed by atoms with van der Waals surface area (Å²) in [6.45, 7) is 0. The summed E-state index contributed by atoms with van der Waals surface area (Å²) in [5, 5.41) is 23.4. The minimum absolute atomic E-state index is 0.0634. The number of nitriles is 2. The van der Waals surface area contributed by atoms with E-state index in [9.17, 15) is 9.59 Å². The smallest absolute Gasteiger partial charge is 0.224 e. The Kier molecular flexibility index (Phi) is 11.3. The maximum absolute atomic E-state index is 12.2. The first kappa shape index (κ1) is 32.2.